The van der Waals surface area contributed by atoms with Crippen LogP contribution in [-0.2, 0) is 17.6 Å². The zero-order valence-electron chi connectivity index (χ0n) is 14.5. The predicted molar refractivity (Wildman–Crippen MR) is 98.3 cm³/mol. The van der Waals surface area contributed by atoms with Gasteiger partial charge in [0.15, 0.2) is 0 Å². The number of hydrogen-bond acceptors (Lipinski definition) is 3. The van der Waals surface area contributed by atoms with E-state index in [-0.39, 0.29) is 5.91 Å². The van der Waals surface area contributed by atoms with E-state index in [4.69, 9.17) is 9.47 Å². The van der Waals surface area contributed by atoms with E-state index in [9.17, 15) is 4.79 Å². The van der Waals surface area contributed by atoms with Crippen molar-refractivity contribution in [2.75, 3.05) is 20.8 Å². The monoisotopic (exact) mass is 338 g/mol. The van der Waals surface area contributed by atoms with Crippen LogP contribution in [0.4, 0.5) is 0 Å². The summed E-state index contributed by atoms with van der Waals surface area (Å²) >= 11 is 0. The summed E-state index contributed by atoms with van der Waals surface area (Å²) in [5, 5.41) is 4.07. The van der Waals surface area contributed by atoms with Gasteiger partial charge in [0.1, 0.15) is 11.5 Å². The van der Waals surface area contributed by atoms with Gasteiger partial charge >= 0.3 is 0 Å². The number of benzene rings is 2. The molecule has 0 unspecified atom stereocenters. The van der Waals surface area contributed by atoms with Gasteiger partial charge in [0, 0.05) is 29.7 Å². The third-order valence-electron chi connectivity index (χ3n) is 4.24. The van der Waals surface area contributed by atoms with E-state index in [0.717, 1.165) is 33.5 Å². The van der Waals surface area contributed by atoms with Crippen molar-refractivity contribution in [3.8, 4) is 11.5 Å². The first-order chi connectivity index (χ1) is 12.2. The van der Waals surface area contributed by atoms with Gasteiger partial charge in [-0.25, -0.2) is 0 Å². The SMILES string of the molecule is COc1ccc(CCNC(=O)Cc2c[nH]c3ccccc23)c(OC)c1. The maximum absolute atomic E-state index is 12.2. The number of para-hydroxylation sites is 1. The minimum atomic E-state index is 0.0113. The van der Waals surface area contributed by atoms with Crippen molar-refractivity contribution in [3.63, 3.8) is 0 Å². The largest absolute Gasteiger partial charge is 0.497 e. The van der Waals surface area contributed by atoms with Gasteiger partial charge in [-0.3, -0.25) is 4.79 Å². The van der Waals surface area contributed by atoms with E-state index in [0.29, 0.717) is 19.4 Å². The summed E-state index contributed by atoms with van der Waals surface area (Å²) in [7, 11) is 3.26. The van der Waals surface area contributed by atoms with Crippen molar-refractivity contribution in [3.05, 3.63) is 59.8 Å². The molecule has 3 rings (SSSR count). The molecule has 0 radical (unpaired) electrons. The molecule has 5 heteroatoms. The standard InChI is InChI=1S/C20H22N2O3/c1-24-16-8-7-14(19(12-16)25-2)9-10-21-20(23)11-15-13-22-18-6-4-3-5-17(15)18/h3-8,12-13,22H,9-11H2,1-2H3,(H,21,23). The number of ether oxygens (including phenoxy) is 2. The molecule has 3 aromatic rings. The highest BCUT2D eigenvalue weighted by molar-refractivity contribution is 5.88. The second-order valence-corrected chi connectivity index (χ2v) is 5.81. The smallest absolute Gasteiger partial charge is 0.224 e. The predicted octanol–water partition coefficient (Wildman–Crippen LogP) is 3.09. The summed E-state index contributed by atoms with van der Waals surface area (Å²) in [5.41, 5.74) is 3.10. The highest BCUT2D eigenvalue weighted by Crippen LogP contribution is 2.24. The molecule has 130 valence electrons. The van der Waals surface area contributed by atoms with E-state index >= 15 is 0 Å². The first-order valence-electron chi connectivity index (χ1n) is 8.24. The maximum atomic E-state index is 12.2. The molecule has 0 aliphatic heterocycles. The van der Waals surface area contributed by atoms with Gasteiger partial charge in [0.05, 0.1) is 20.6 Å². The molecule has 2 N–H and O–H groups in total. The number of amides is 1. The lowest BCUT2D eigenvalue weighted by molar-refractivity contribution is -0.120. The second-order valence-electron chi connectivity index (χ2n) is 5.81. The normalized spacial score (nSPS) is 10.6. The molecule has 0 atom stereocenters. The van der Waals surface area contributed by atoms with Crippen molar-refractivity contribution < 1.29 is 14.3 Å². The van der Waals surface area contributed by atoms with Gasteiger partial charge in [-0.1, -0.05) is 24.3 Å². The van der Waals surface area contributed by atoms with E-state index in [1.54, 1.807) is 14.2 Å². The average Bonchev–Trinajstić information content (AvgIpc) is 3.05. The molecule has 5 nitrogen and oxygen atoms in total. The summed E-state index contributed by atoms with van der Waals surface area (Å²) in [6.45, 7) is 0.559. The first kappa shape index (κ1) is 16.9. The number of rotatable bonds is 7. The van der Waals surface area contributed by atoms with E-state index < -0.39 is 0 Å². The number of methoxy groups -OCH3 is 2. The number of aromatic nitrogens is 1. The Morgan fingerprint density at radius 3 is 2.72 bits per heavy atom. The van der Waals surface area contributed by atoms with Crippen molar-refractivity contribution >= 4 is 16.8 Å². The third kappa shape index (κ3) is 3.94. The topological polar surface area (TPSA) is 63.3 Å². The molecule has 2 aromatic carbocycles. The number of carbonyl (C=O) groups is 1. The molecular formula is C20H22N2O3. The Kier molecular flexibility index (Phi) is 5.23. The Balaban J connectivity index is 1.56. The molecule has 0 saturated heterocycles. The number of nitrogens with one attached hydrogen (secondary N) is 2. The summed E-state index contributed by atoms with van der Waals surface area (Å²) in [6.07, 6.45) is 2.97. The molecule has 1 aromatic heterocycles. The van der Waals surface area contributed by atoms with Gasteiger partial charge in [-0.05, 0) is 29.7 Å². The lowest BCUT2D eigenvalue weighted by Gasteiger charge is -2.11. The minimum absolute atomic E-state index is 0.0113. The van der Waals surface area contributed by atoms with Gasteiger partial charge in [-0.2, -0.15) is 0 Å². The Morgan fingerprint density at radius 2 is 1.92 bits per heavy atom. The Labute approximate surface area is 147 Å². The van der Waals surface area contributed by atoms with E-state index in [1.165, 1.54) is 0 Å². The Bertz CT molecular complexity index is 870. The minimum Gasteiger partial charge on any atom is -0.497 e. The Morgan fingerprint density at radius 1 is 1.08 bits per heavy atom. The number of aromatic amines is 1. The summed E-state index contributed by atoms with van der Waals surface area (Å²) in [5.74, 6) is 1.53. The van der Waals surface area contributed by atoms with Crippen LogP contribution < -0.4 is 14.8 Å². The summed E-state index contributed by atoms with van der Waals surface area (Å²) in [4.78, 5) is 15.4. The van der Waals surface area contributed by atoms with Crippen molar-refractivity contribution in [2.24, 2.45) is 0 Å². The molecule has 1 heterocycles. The maximum Gasteiger partial charge on any atom is 0.224 e. The van der Waals surface area contributed by atoms with Crippen LogP contribution >= 0.6 is 0 Å². The average molecular weight is 338 g/mol. The quantitative estimate of drug-likeness (QED) is 0.696. The van der Waals surface area contributed by atoms with Crippen LogP contribution in [-0.4, -0.2) is 31.7 Å². The van der Waals surface area contributed by atoms with Crippen LogP contribution in [0.25, 0.3) is 10.9 Å². The van der Waals surface area contributed by atoms with Crippen LogP contribution in [0.3, 0.4) is 0 Å². The highest BCUT2D eigenvalue weighted by Gasteiger charge is 2.09. The molecule has 0 aliphatic carbocycles. The molecular weight excluding hydrogens is 316 g/mol. The van der Waals surface area contributed by atoms with E-state index in [2.05, 4.69) is 10.3 Å². The zero-order valence-corrected chi connectivity index (χ0v) is 14.5. The fraction of sp³-hybridized carbons (Fsp3) is 0.250. The van der Waals surface area contributed by atoms with Crippen molar-refractivity contribution in [1.82, 2.24) is 10.3 Å². The number of H-pyrrole nitrogens is 1. The molecule has 0 saturated carbocycles. The fourth-order valence-electron chi connectivity index (χ4n) is 2.91. The van der Waals surface area contributed by atoms with Gasteiger partial charge in [0.2, 0.25) is 5.91 Å². The zero-order chi connectivity index (χ0) is 17.6. The van der Waals surface area contributed by atoms with Gasteiger partial charge in [-0.15, -0.1) is 0 Å². The summed E-state index contributed by atoms with van der Waals surface area (Å²) in [6, 6.07) is 13.7. The lowest BCUT2D eigenvalue weighted by Crippen LogP contribution is -2.27. The van der Waals surface area contributed by atoms with Crippen LogP contribution in [0.15, 0.2) is 48.7 Å². The van der Waals surface area contributed by atoms with Gasteiger partial charge < -0.3 is 19.8 Å². The van der Waals surface area contributed by atoms with E-state index in [1.807, 2.05) is 48.7 Å². The second kappa shape index (κ2) is 7.75. The molecule has 1 amide bonds. The highest BCUT2D eigenvalue weighted by atomic mass is 16.5. The molecule has 0 spiro atoms. The molecule has 0 aliphatic rings. The first-order valence-corrected chi connectivity index (χ1v) is 8.24. The van der Waals surface area contributed by atoms with Crippen LogP contribution in [0.2, 0.25) is 0 Å². The molecule has 25 heavy (non-hydrogen) atoms. The third-order valence-corrected chi connectivity index (χ3v) is 4.24. The molecule has 0 fully saturated rings. The van der Waals surface area contributed by atoms with Gasteiger partial charge in [0.25, 0.3) is 0 Å². The lowest BCUT2D eigenvalue weighted by atomic mass is 10.1. The number of carbonyl (C=O) groups excluding carboxylic acids is 1. The van der Waals surface area contributed by atoms with Crippen LogP contribution in [0, 0.1) is 0 Å². The van der Waals surface area contributed by atoms with Crippen LogP contribution in [0.1, 0.15) is 11.1 Å². The van der Waals surface area contributed by atoms with Crippen LogP contribution in [0.5, 0.6) is 11.5 Å². The Hall–Kier alpha value is -2.95. The summed E-state index contributed by atoms with van der Waals surface area (Å²) < 4.78 is 10.6. The number of fused-ring (bicyclic) bond motifs is 1. The fourth-order valence-corrected chi connectivity index (χ4v) is 2.91. The van der Waals surface area contributed by atoms with Crippen molar-refractivity contribution in [2.45, 2.75) is 12.8 Å². The van der Waals surface area contributed by atoms with Crippen molar-refractivity contribution in [1.29, 1.82) is 0 Å². The number of hydrogen-bond donors (Lipinski definition) is 2. The molecule has 0 bridgehead atoms.